The lowest BCUT2D eigenvalue weighted by Gasteiger charge is -2.06. The molecule has 0 aliphatic carbocycles. The maximum atomic E-state index is 11.7. The third-order valence-corrected chi connectivity index (χ3v) is 2.71. The van der Waals surface area contributed by atoms with Gasteiger partial charge in [0.1, 0.15) is 17.4 Å². The molecule has 1 aromatic heterocycles. The number of nitrogens with one attached hydrogen (secondary N) is 1. The predicted molar refractivity (Wildman–Crippen MR) is 73.3 cm³/mol. The van der Waals surface area contributed by atoms with E-state index in [9.17, 15) is 9.59 Å². The Bertz CT molecular complexity index is 752. The standard InChI is InChI=1S/C15H12N2O3/c1-9-7-13(14(8-16)15(19)17-9)11-3-5-12(6-4-11)20-10(2)18/h3-7H,1-2H3,(H,17,19). The van der Waals surface area contributed by atoms with Crippen molar-refractivity contribution in [1.82, 2.24) is 4.98 Å². The van der Waals surface area contributed by atoms with Gasteiger partial charge < -0.3 is 9.72 Å². The molecule has 0 saturated carbocycles. The number of aromatic nitrogens is 1. The Kier molecular flexibility index (Phi) is 3.67. The molecule has 0 unspecified atom stereocenters. The van der Waals surface area contributed by atoms with Crippen molar-refractivity contribution in [2.45, 2.75) is 13.8 Å². The van der Waals surface area contributed by atoms with E-state index < -0.39 is 11.5 Å². The van der Waals surface area contributed by atoms with Crippen molar-refractivity contribution in [3.63, 3.8) is 0 Å². The van der Waals surface area contributed by atoms with Gasteiger partial charge in [0, 0.05) is 18.2 Å². The Labute approximate surface area is 115 Å². The molecule has 1 N–H and O–H groups in total. The second-order valence-corrected chi connectivity index (χ2v) is 4.30. The summed E-state index contributed by atoms with van der Waals surface area (Å²) in [4.78, 5) is 25.2. The number of H-pyrrole nitrogens is 1. The van der Waals surface area contributed by atoms with Crippen molar-refractivity contribution < 1.29 is 9.53 Å². The van der Waals surface area contributed by atoms with Gasteiger partial charge in [0.15, 0.2) is 0 Å². The number of aryl methyl sites for hydroxylation is 1. The molecule has 1 aromatic carbocycles. The van der Waals surface area contributed by atoms with Crippen LogP contribution in [0.25, 0.3) is 11.1 Å². The van der Waals surface area contributed by atoms with Gasteiger partial charge in [0.2, 0.25) is 0 Å². The van der Waals surface area contributed by atoms with Crippen molar-refractivity contribution in [3.8, 4) is 22.9 Å². The number of nitrogens with zero attached hydrogens (tertiary/aromatic N) is 1. The maximum absolute atomic E-state index is 11.7. The van der Waals surface area contributed by atoms with E-state index in [0.29, 0.717) is 22.6 Å². The van der Waals surface area contributed by atoms with E-state index in [1.165, 1.54) is 6.92 Å². The summed E-state index contributed by atoms with van der Waals surface area (Å²) in [7, 11) is 0. The molecule has 100 valence electrons. The highest BCUT2D eigenvalue weighted by Gasteiger charge is 2.10. The largest absolute Gasteiger partial charge is 0.427 e. The minimum absolute atomic E-state index is 0.0656. The third-order valence-electron chi connectivity index (χ3n) is 2.71. The van der Waals surface area contributed by atoms with Crippen LogP contribution in [0.1, 0.15) is 18.2 Å². The number of nitriles is 1. The van der Waals surface area contributed by atoms with E-state index in [1.807, 2.05) is 6.07 Å². The first-order valence-electron chi connectivity index (χ1n) is 5.94. The van der Waals surface area contributed by atoms with Crippen molar-refractivity contribution in [2.24, 2.45) is 0 Å². The first-order valence-corrected chi connectivity index (χ1v) is 5.94. The van der Waals surface area contributed by atoms with E-state index in [0.717, 1.165) is 0 Å². The number of hydrogen-bond donors (Lipinski definition) is 1. The number of esters is 1. The summed E-state index contributed by atoms with van der Waals surface area (Å²) in [6.07, 6.45) is 0. The van der Waals surface area contributed by atoms with Gasteiger partial charge in [-0.05, 0) is 30.7 Å². The summed E-state index contributed by atoms with van der Waals surface area (Å²) in [6.45, 7) is 3.07. The summed E-state index contributed by atoms with van der Waals surface area (Å²) in [5, 5.41) is 9.09. The fraction of sp³-hybridized carbons (Fsp3) is 0.133. The topological polar surface area (TPSA) is 83.0 Å². The zero-order valence-electron chi connectivity index (χ0n) is 11.1. The monoisotopic (exact) mass is 268 g/mol. The zero-order chi connectivity index (χ0) is 14.7. The molecule has 0 atom stereocenters. The van der Waals surface area contributed by atoms with E-state index in [1.54, 1.807) is 37.3 Å². The smallest absolute Gasteiger partial charge is 0.308 e. The molecule has 0 aliphatic rings. The molecule has 0 aliphatic heterocycles. The summed E-state index contributed by atoms with van der Waals surface area (Å²) in [6, 6.07) is 10.3. The molecule has 0 fully saturated rings. The average Bonchev–Trinajstić information content (AvgIpc) is 2.38. The molecule has 0 radical (unpaired) electrons. The van der Waals surface area contributed by atoms with Gasteiger partial charge in [-0.3, -0.25) is 9.59 Å². The Balaban J connectivity index is 2.50. The number of benzene rings is 1. The molecule has 0 bridgehead atoms. The van der Waals surface area contributed by atoms with Crippen LogP contribution >= 0.6 is 0 Å². The number of carbonyl (C=O) groups is 1. The predicted octanol–water partition coefficient (Wildman–Crippen LogP) is 2.15. The minimum atomic E-state index is -0.411. The van der Waals surface area contributed by atoms with Crippen LogP contribution in [0.5, 0.6) is 5.75 Å². The second-order valence-electron chi connectivity index (χ2n) is 4.30. The van der Waals surface area contributed by atoms with Crippen LogP contribution in [-0.4, -0.2) is 11.0 Å². The van der Waals surface area contributed by atoms with Gasteiger partial charge in [-0.15, -0.1) is 0 Å². The van der Waals surface area contributed by atoms with Crippen LogP contribution in [0.4, 0.5) is 0 Å². The van der Waals surface area contributed by atoms with Gasteiger partial charge in [-0.25, -0.2) is 0 Å². The van der Waals surface area contributed by atoms with Gasteiger partial charge in [0.05, 0.1) is 0 Å². The lowest BCUT2D eigenvalue weighted by molar-refractivity contribution is -0.131. The Morgan fingerprint density at radius 2 is 1.95 bits per heavy atom. The van der Waals surface area contributed by atoms with Crippen molar-refractivity contribution in [3.05, 3.63) is 51.9 Å². The molecule has 2 rings (SSSR count). The van der Waals surface area contributed by atoms with Crippen molar-refractivity contribution in [1.29, 1.82) is 5.26 Å². The first kappa shape index (κ1) is 13.6. The molecule has 5 heteroatoms. The van der Waals surface area contributed by atoms with Gasteiger partial charge >= 0.3 is 5.97 Å². The summed E-state index contributed by atoms with van der Waals surface area (Å²) >= 11 is 0. The highest BCUT2D eigenvalue weighted by atomic mass is 16.5. The molecule has 20 heavy (non-hydrogen) atoms. The Hall–Kier alpha value is -2.87. The summed E-state index contributed by atoms with van der Waals surface area (Å²) < 4.78 is 4.94. The highest BCUT2D eigenvalue weighted by Crippen LogP contribution is 2.24. The normalized spacial score (nSPS) is 9.85. The van der Waals surface area contributed by atoms with Crippen LogP contribution in [0.3, 0.4) is 0 Å². The average molecular weight is 268 g/mol. The van der Waals surface area contributed by atoms with Gasteiger partial charge in [-0.1, -0.05) is 12.1 Å². The van der Waals surface area contributed by atoms with Crippen molar-refractivity contribution >= 4 is 5.97 Å². The fourth-order valence-corrected chi connectivity index (χ4v) is 1.90. The van der Waals surface area contributed by atoms with E-state index in [-0.39, 0.29) is 5.56 Å². The van der Waals surface area contributed by atoms with Crippen LogP contribution in [-0.2, 0) is 4.79 Å². The minimum Gasteiger partial charge on any atom is -0.427 e. The molecule has 2 aromatic rings. The molecule has 0 spiro atoms. The second kappa shape index (κ2) is 5.41. The number of aromatic amines is 1. The van der Waals surface area contributed by atoms with E-state index in [4.69, 9.17) is 10.00 Å². The van der Waals surface area contributed by atoms with E-state index in [2.05, 4.69) is 4.98 Å². The Morgan fingerprint density at radius 3 is 2.50 bits per heavy atom. The summed E-state index contributed by atoms with van der Waals surface area (Å²) in [5.41, 5.74) is 1.60. The highest BCUT2D eigenvalue weighted by molar-refractivity contribution is 5.72. The number of hydrogen-bond acceptors (Lipinski definition) is 4. The molecule has 0 amide bonds. The lowest BCUT2D eigenvalue weighted by Crippen LogP contribution is -2.12. The third kappa shape index (κ3) is 2.75. The van der Waals surface area contributed by atoms with Crippen LogP contribution in [0.2, 0.25) is 0 Å². The molecule has 0 saturated heterocycles. The zero-order valence-corrected chi connectivity index (χ0v) is 11.1. The Morgan fingerprint density at radius 1 is 1.30 bits per heavy atom. The molecule has 5 nitrogen and oxygen atoms in total. The molecular weight excluding hydrogens is 256 g/mol. The molecular formula is C15H12N2O3. The first-order chi connectivity index (χ1) is 9.51. The molecule has 1 heterocycles. The van der Waals surface area contributed by atoms with E-state index >= 15 is 0 Å². The van der Waals surface area contributed by atoms with Gasteiger partial charge in [-0.2, -0.15) is 5.26 Å². The SMILES string of the molecule is CC(=O)Oc1ccc(-c2cc(C)[nH]c(=O)c2C#N)cc1. The number of pyridine rings is 1. The number of carbonyl (C=O) groups excluding carboxylic acids is 1. The maximum Gasteiger partial charge on any atom is 0.308 e. The number of ether oxygens (including phenoxy) is 1. The van der Waals surface area contributed by atoms with Crippen LogP contribution in [0.15, 0.2) is 35.1 Å². The quantitative estimate of drug-likeness (QED) is 0.668. The van der Waals surface area contributed by atoms with Crippen LogP contribution < -0.4 is 10.3 Å². The lowest BCUT2D eigenvalue weighted by atomic mass is 10.0. The van der Waals surface area contributed by atoms with Gasteiger partial charge in [0.25, 0.3) is 5.56 Å². The summed E-state index contributed by atoms with van der Waals surface area (Å²) in [5.74, 6) is 0.0174. The van der Waals surface area contributed by atoms with Crippen LogP contribution in [0, 0.1) is 18.3 Å². The fourth-order valence-electron chi connectivity index (χ4n) is 1.90. The van der Waals surface area contributed by atoms with Crippen molar-refractivity contribution in [2.75, 3.05) is 0 Å². The number of rotatable bonds is 2.